The molecule has 0 bridgehead atoms. The fraction of sp³-hybridized carbons (Fsp3) is 0.720. The van der Waals surface area contributed by atoms with Gasteiger partial charge in [-0.2, -0.15) is 0 Å². The SMILES string of the molecule is CCNC(=NCc1cccc(COC(C)C)c1)N1CCC(OCC2CCCCO2)CC1.I. The third-order valence-electron chi connectivity index (χ3n) is 5.85. The van der Waals surface area contributed by atoms with Crippen molar-refractivity contribution in [1.82, 2.24) is 10.2 Å². The number of nitrogens with zero attached hydrogens (tertiary/aromatic N) is 2. The topological polar surface area (TPSA) is 55.3 Å². The molecular weight excluding hydrogens is 517 g/mol. The summed E-state index contributed by atoms with van der Waals surface area (Å²) in [6.45, 7) is 12.0. The van der Waals surface area contributed by atoms with Crippen molar-refractivity contribution in [3.63, 3.8) is 0 Å². The molecule has 182 valence electrons. The number of hydrogen-bond donors (Lipinski definition) is 1. The Morgan fingerprint density at radius 1 is 1.19 bits per heavy atom. The molecule has 2 saturated heterocycles. The molecule has 0 saturated carbocycles. The van der Waals surface area contributed by atoms with Crippen molar-refractivity contribution in [2.75, 3.05) is 32.8 Å². The molecule has 1 N–H and O–H groups in total. The summed E-state index contributed by atoms with van der Waals surface area (Å²) in [5.41, 5.74) is 2.41. The van der Waals surface area contributed by atoms with Gasteiger partial charge in [0.2, 0.25) is 0 Å². The summed E-state index contributed by atoms with van der Waals surface area (Å²) >= 11 is 0. The Balaban J connectivity index is 0.00000363. The minimum Gasteiger partial charge on any atom is -0.376 e. The van der Waals surface area contributed by atoms with Gasteiger partial charge in [0.1, 0.15) is 0 Å². The Morgan fingerprint density at radius 3 is 2.66 bits per heavy atom. The van der Waals surface area contributed by atoms with Crippen LogP contribution in [-0.2, 0) is 27.4 Å². The molecule has 2 aliphatic heterocycles. The highest BCUT2D eigenvalue weighted by Gasteiger charge is 2.23. The van der Waals surface area contributed by atoms with Gasteiger partial charge in [0.25, 0.3) is 0 Å². The van der Waals surface area contributed by atoms with E-state index in [1.165, 1.54) is 24.0 Å². The first-order chi connectivity index (χ1) is 15.1. The predicted molar refractivity (Wildman–Crippen MR) is 141 cm³/mol. The van der Waals surface area contributed by atoms with E-state index in [9.17, 15) is 0 Å². The average Bonchev–Trinajstić information content (AvgIpc) is 2.80. The van der Waals surface area contributed by atoms with Gasteiger partial charge in [0.05, 0.1) is 38.1 Å². The normalized spacial score (nSPS) is 20.3. The molecule has 32 heavy (non-hydrogen) atoms. The van der Waals surface area contributed by atoms with Crippen LogP contribution in [0.1, 0.15) is 64.0 Å². The van der Waals surface area contributed by atoms with Crippen molar-refractivity contribution in [2.24, 2.45) is 4.99 Å². The number of ether oxygens (including phenoxy) is 3. The average molecular weight is 560 g/mol. The van der Waals surface area contributed by atoms with Crippen molar-refractivity contribution < 1.29 is 14.2 Å². The summed E-state index contributed by atoms with van der Waals surface area (Å²) in [6, 6.07) is 8.54. The molecule has 7 heteroatoms. The maximum absolute atomic E-state index is 6.17. The molecular formula is C25H42IN3O3. The molecule has 1 aromatic rings. The van der Waals surface area contributed by atoms with Crippen LogP contribution in [0.4, 0.5) is 0 Å². The smallest absolute Gasteiger partial charge is 0.194 e. The van der Waals surface area contributed by atoms with E-state index in [0.29, 0.717) is 25.4 Å². The number of hydrogen-bond acceptors (Lipinski definition) is 4. The zero-order valence-corrected chi connectivity index (χ0v) is 22.4. The Hall–Kier alpha value is -0.900. The number of aliphatic imine (C=N–C) groups is 1. The van der Waals surface area contributed by atoms with E-state index in [2.05, 4.69) is 55.3 Å². The molecule has 3 rings (SSSR count). The summed E-state index contributed by atoms with van der Waals surface area (Å²) < 4.78 is 17.7. The summed E-state index contributed by atoms with van der Waals surface area (Å²) in [6.07, 6.45) is 6.55. The summed E-state index contributed by atoms with van der Waals surface area (Å²) in [5, 5.41) is 3.47. The Bertz CT molecular complexity index is 672. The molecule has 1 aromatic carbocycles. The number of piperidine rings is 1. The number of nitrogens with one attached hydrogen (secondary N) is 1. The van der Waals surface area contributed by atoms with Crippen LogP contribution in [0.25, 0.3) is 0 Å². The molecule has 1 atom stereocenters. The van der Waals surface area contributed by atoms with Crippen molar-refractivity contribution >= 4 is 29.9 Å². The molecule has 1 unspecified atom stereocenters. The second-order valence-corrected chi connectivity index (χ2v) is 8.86. The van der Waals surface area contributed by atoms with Gasteiger partial charge in [-0.15, -0.1) is 24.0 Å². The molecule has 6 nitrogen and oxygen atoms in total. The van der Waals surface area contributed by atoms with Gasteiger partial charge >= 0.3 is 0 Å². The van der Waals surface area contributed by atoms with Crippen molar-refractivity contribution in [2.45, 2.75) is 84.3 Å². The molecule has 2 fully saturated rings. The van der Waals surface area contributed by atoms with Gasteiger partial charge in [-0.25, -0.2) is 4.99 Å². The summed E-state index contributed by atoms with van der Waals surface area (Å²) in [4.78, 5) is 7.29. The lowest BCUT2D eigenvalue weighted by atomic mass is 10.1. The maximum Gasteiger partial charge on any atom is 0.194 e. The Morgan fingerprint density at radius 2 is 1.97 bits per heavy atom. The molecule has 2 heterocycles. The van der Waals surface area contributed by atoms with Crippen LogP contribution in [-0.4, -0.2) is 62.0 Å². The van der Waals surface area contributed by atoms with Crippen molar-refractivity contribution in [3.05, 3.63) is 35.4 Å². The van der Waals surface area contributed by atoms with E-state index < -0.39 is 0 Å². The number of rotatable bonds is 9. The third-order valence-corrected chi connectivity index (χ3v) is 5.85. The fourth-order valence-corrected chi connectivity index (χ4v) is 4.09. The predicted octanol–water partition coefficient (Wildman–Crippen LogP) is 4.75. The quantitative estimate of drug-likeness (QED) is 0.269. The fourth-order valence-electron chi connectivity index (χ4n) is 4.09. The zero-order chi connectivity index (χ0) is 21.9. The van der Waals surface area contributed by atoms with Gasteiger partial charge in [0, 0.05) is 26.2 Å². The lowest BCUT2D eigenvalue weighted by Crippen LogP contribution is -2.47. The zero-order valence-electron chi connectivity index (χ0n) is 20.1. The lowest BCUT2D eigenvalue weighted by molar-refractivity contribution is -0.0721. The van der Waals surface area contributed by atoms with Crippen molar-refractivity contribution in [3.8, 4) is 0 Å². The van der Waals surface area contributed by atoms with Gasteiger partial charge < -0.3 is 24.4 Å². The Kier molecular flexibility index (Phi) is 12.9. The highest BCUT2D eigenvalue weighted by atomic mass is 127. The maximum atomic E-state index is 6.17. The summed E-state index contributed by atoms with van der Waals surface area (Å²) in [7, 11) is 0. The first-order valence-corrected chi connectivity index (χ1v) is 12.1. The number of likely N-dealkylation sites (tertiary alicyclic amines) is 1. The monoisotopic (exact) mass is 559 g/mol. The van der Waals surface area contributed by atoms with E-state index >= 15 is 0 Å². The van der Waals surface area contributed by atoms with Gasteiger partial charge in [0.15, 0.2) is 5.96 Å². The van der Waals surface area contributed by atoms with Gasteiger partial charge in [-0.1, -0.05) is 24.3 Å². The Labute approximate surface area is 211 Å². The van der Waals surface area contributed by atoms with Gasteiger partial charge in [-0.05, 0) is 64.0 Å². The molecule has 0 radical (unpaired) electrons. The molecule has 2 aliphatic rings. The lowest BCUT2D eigenvalue weighted by Gasteiger charge is -2.35. The minimum atomic E-state index is 0. The van der Waals surface area contributed by atoms with E-state index in [4.69, 9.17) is 19.2 Å². The van der Waals surface area contributed by atoms with Crippen LogP contribution in [0.15, 0.2) is 29.3 Å². The van der Waals surface area contributed by atoms with E-state index in [0.717, 1.165) is 58.1 Å². The molecule has 0 aliphatic carbocycles. The first kappa shape index (κ1) is 27.3. The van der Waals surface area contributed by atoms with E-state index in [-0.39, 0.29) is 30.1 Å². The first-order valence-electron chi connectivity index (χ1n) is 12.1. The largest absolute Gasteiger partial charge is 0.376 e. The van der Waals surface area contributed by atoms with Crippen LogP contribution < -0.4 is 5.32 Å². The third kappa shape index (κ3) is 9.53. The van der Waals surface area contributed by atoms with Crippen LogP contribution in [0, 0.1) is 0 Å². The molecule has 0 aromatic heterocycles. The number of halogens is 1. The van der Waals surface area contributed by atoms with Crippen LogP contribution in [0.3, 0.4) is 0 Å². The minimum absolute atomic E-state index is 0. The van der Waals surface area contributed by atoms with Crippen molar-refractivity contribution in [1.29, 1.82) is 0 Å². The van der Waals surface area contributed by atoms with Gasteiger partial charge in [-0.3, -0.25) is 0 Å². The van der Waals surface area contributed by atoms with Crippen LogP contribution in [0.2, 0.25) is 0 Å². The second-order valence-electron chi connectivity index (χ2n) is 8.86. The second kappa shape index (κ2) is 15.1. The summed E-state index contributed by atoms with van der Waals surface area (Å²) in [5.74, 6) is 1.00. The van der Waals surface area contributed by atoms with E-state index in [1.54, 1.807) is 0 Å². The van der Waals surface area contributed by atoms with E-state index in [1.807, 2.05) is 0 Å². The highest BCUT2D eigenvalue weighted by Crippen LogP contribution is 2.18. The number of guanidine groups is 1. The number of benzene rings is 1. The molecule has 0 amide bonds. The van der Waals surface area contributed by atoms with Crippen LogP contribution in [0.5, 0.6) is 0 Å². The standard InChI is InChI=1S/C25H41N3O3.HI/c1-4-26-25(27-17-21-8-7-9-22(16-21)18-30-20(2)3)28-13-11-23(12-14-28)31-19-24-10-5-6-15-29-24;/h7-9,16,20,23-24H,4-6,10-15,17-19H2,1-3H3,(H,26,27);1H. The highest BCUT2D eigenvalue weighted by molar-refractivity contribution is 14.0. The van der Waals surface area contributed by atoms with Crippen LogP contribution >= 0.6 is 24.0 Å². The molecule has 0 spiro atoms.